The lowest BCUT2D eigenvalue weighted by atomic mass is 10.0. The van der Waals surface area contributed by atoms with Crippen molar-refractivity contribution in [2.75, 3.05) is 0 Å². The number of para-hydroxylation sites is 1. The summed E-state index contributed by atoms with van der Waals surface area (Å²) in [7, 11) is 0. The highest BCUT2D eigenvalue weighted by atomic mass is 15.3. The van der Waals surface area contributed by atoms with E-state index in [9.17, 15) is 0 Å². The molecule has 0 fully saturated rings. The molecule has 108 valence electrons. The third-order valence-corrected chi connectivity index (χ3v) is 3.21. The van der Waals surface area contributed by atoms with Gasteiger partial charge in [-0.25, -0.2) is 0 Å². The molecular weight excluding hydrogens is 274 g/mol. The number of aromatic nitrogens is 1. The molecule has 1 aromatic heterocycles. The maximum absolute atomic E-state index is 5.21. The summed E-state index contributed by atoms with van der Waals surface area (Å²) in [5.74, 6) is -0.0601. The maximum atomic E-state index is 5.21. The van der Waals surface area contributed by atoms with Gasteiger partial charge in [0.15, 0.2) is 0 Å². The Kier molecular flexibility index (Phi) is 3.78. The number of fused-ring (bicyclic) bond motifs is 1. The zero-order valence-corrected chi connectivity index (χ0v) is 11.8. The van der Waals surface area contributed by atoms with E-state index < -0.39 is 0 Å². The Labute approximate surface area is 128 Å². The van der Waals surface area contributed by atoms with Gasteiger partial charge in [0.05, 0.1) is 11.7 Å². The molecule has 0 saturated heterocycles. The van der Waals surface area contributed by atoms with Crippen molar-refractivity contribution < 1.29 is 0 Å². The molecular formula is C17H15N5. The Bertz CT molecular complexity index is 846. The van der Waals surface area contributed by atoms with Gasteiger partial charge in [-0.2, -0.15) is 5.10 Å². The average Bonchev–Trinajstić information content (AvgIpc) is 2.55. The summed E-state index contributed by atoms with van der Waals surface area (Å²) in [6.45, 7) is 0. The lowest BCUT2D eigenvalue weighted by Crippen LogP contribution is -2.21. The quantitative estimate of drug-likeness (QED) is 0.441. The lowest BCUT2D eigenvalue weighted by Gasteiger charge is -2.04. The fraction of sp³-hybridized carbons (Fsp3) is 0. The van der Waals surface area contributed by atoms with Crippen LogP contribution in [0.15, 0.2) is 71.0 Å². The van der Waals surface area contributed by atoms with Crippen LogP contribution in [0.2, 0.25) is 0 Å². The summed E-state index contributed by atoms with van der Waals surface area (Å²) in [5.41, 5.74) is 14.5. The van der Waals surface area contributed by atoms with E-state index in [1.54, 1.807) is 6.21 Å². The molecule has 0 unspecified atom stereocenters. The van der Waals surface area contributed by atoms with Crippen LogP contribution in [0.25, 0.3) is 22.0 Å². The molecule has 0 bridgehead atoms. The van der Waals surface area contributed by atoms with Gasteiger partial charge in [-0.15, -0.1) is 5.10 Å². The van der Waals surface area contributed by atoms with Gasteiger partial charge in [0.1, 0.15) is 0 Å². The number of nitrogens with two attached hydrogens (primary N) is 2. The van der Waals surface area contributed by atoms with Crippen LogP contribution in [0.4, 0.5) is 0 Å². The van der Waals surface area contributed by atoms with Gasteiger partial charge in [0, 0.05) is 17.1 Å². The van der Waals surface area contributed by atoms with Crippen molar-refractivity contribution in [3.05, 3.63) is 66.4 Å². The van der Waals surface area contributed by atoms with E-state index in [4.69, 9.17) is 11.5 Å². The van der Waals surface area contributed by atoms with Gasteiger partial charge in [0.25, 0.3) is 0 Å². The fourth-order valence-corrected chi connectivity index (χ4v) is 2.15. The molecule has 5 nitrogen and oxygen atoms in total. The first kappa shape index (κ1) is 13.8. The van der Waals surface area contributed by atoms with Crippen molar-refractivity contribution >= 4 is 23.1 Å². The first-order valence-corrected chi connectivity index (χ1v) is 6.79. The highest BCUT2D eigenvalue weighted by molar-refractivity contribution is 5.85. The van der Waals surface area contributed by atoms with Gasteiger partial charge in [-0.1, -0.05) is 42.5 Å². The van der Waals surface area contributed by atoms with Crippen molar-refractivity contribution in [1.29, 1.82) is 0 Å². The van der Waals surface area contributed by atoms with Crippen LogP contribution in [0.3, 0.4) is 0 Å². The van der Waals surface area contributed by atoms with Gasteiger partial charge in [-0.05, 0) is 23.3 Å². The molecule has 0 aliphatic rings. The van der Waals surface area contributed by atoms with Gasteiger partial charge >= 0.3 is 0 Å². The van der Waals surface area contributed by atoms with Crippen molar-refractivity contribution in [1.82, 2.24) is 4.98 Å². The molecule has 0 aliphatic heterocycles. The van der Waals surface area contributed by atoms with Crippen LogP contribution in [-0.4, -0.2) is 17.2 Å². The minimum Gasteiger partial charge on any atom is -0.369 e. The molecule has 3 rings (SSSR count). The molecule has 0 atom stereocenters. The van der Waals surface area contributed by atoms with Crippen molar-refractivity contribution in [3.8, 4) is 11.1 Å². The molecule has 2 aromatic carbocycles. The first-order valence-electron chi connectivity index (χ1n) is 6.79. The topological polar surface area (TPSA) is 89.7 Å². The summed E-state index contributed by atoms with van der Waals surface area (Å²) in [5, 5.41) is 8.47. The molecule has 4 N–H and O–H groups in total. The molecule has 5 heteroatoms. The Morgan fingerprint density at radius 2 is 1.73 bits per heavy atom. The smallest absolute Gasteiger partial charge is 0.211 e. The normalized spacial score (nSPS) is 10.9. The molecule has 0 spiro atoms. The van der Waals surface area contributed by atoms with E-state index in [1.807, 2.05) is 48.7 Å². The van der Waals surface area contributed by atoms with Crippen LogP contribution in [0.5, 0.6) is 0 Å². The maximum Gasteiger partial charge on any atom is 0.211 e. The van der Waals surface area contributed by atoms with Crippen molar-refractivity contribution in [3.63, 3.8) is 0 Å². The number of nitrogens with zero attached hydrogens (tertiary/aromatic N) is 3. The van der Waals surface area contributed by atoms with Crippen LogP contribution in [0, 0.1) is 0 Å². The molecule has 1 heterocycles. The predicted octanol–water partition coefficient (Wildman–Crippen LogP) is 2.51. The second-order valence-corrected chi connectivity index (χ2v) is 4.81. The van der Waals surface area contributed by atoms with E-state index in [0.717, 1.165) is 27.6 Å². The van der Waals surface area contributed by atoms with Gasteiger partial charge < -0.3 is 11.5 Å². The Morgan fingerprint density at radius 1 is 0.955 bits per heavy atom. The second kappa shape index (κ2) is 6.05. The minimum atomic E-state index is -0.0601. The number of hydrogen-bond donors (Lipinski definition) is 2. The van der Waals surface area contributed by atoms with Crippen LogP contribution in [-0.2, 0) is 0 Å². The highest BCUT2D eigenvalue weighted by Crippen LogP contribution is 2.22. The molecule has 0 saturated carbocycles. The number of hydrogen-bond acceptors (Lipinski definition) is 3. The van der Waals surface area contributed by atoms with E-state index in [1.165, 1.54) is 0 Å². The van der Waals surface area contributed by atoms with Crippen LogP contribution < -0.4 is 11.5 Å². The summed E-state index contributed by atoms with van der Waals surface area (Å²) < 4.78 is 0. The highest BCUT2D eigenvalue weighted by Gasteiger charge is 2.00. The summed E-state index contributed by atoms with van der Waals surface area (Å²) >= 11 is 0. The van der Waals surface area contributed by atoms with E-state index in [2.05, 4.69) is 27.3 Å². The second-order valence-electron chi connectivity index (χ2n) is 4.81. The molecule has 0 radical (unpaired) electrons. The van der Waals surface area contributed by atoms with E-state index in [0.29, 0.717) is 0 Å². The van der Waals surface area contributed by atoms with Crippen molar-refractivity contribution in [2.45, 2.75) is 0 Å². The zero-order chi connectivity index (χ0) is 15.4. The minimum absolute atomic E-state index is 0.0601. The van der Waals surface area contributed by atoms with Crippen molar-refractivity contribution in [2.24, 2.45) is 21.7 Å². The van der Waals surface area contributed by atoms with Gasteiger partial charge in [-0.3, -0.25) is 4.98 Å². The summed E-state index contributed by atoms with van der Waals surface area (Å²) in [6.07, 6.45) is 3.48. The SMILES string of the molecule is NC(N)=NN=Cc1ccc(-c2cnc3ccccc3c2)cc1. The first-order chi connectivity index (χ1) is 10.7. The Balaban J connectivity index is 1.88. The van der Waals surface area contributed by atoms with E-state index >= 15 is 0 Å². The number of benzene rings is 2. The fourth-order valence-electron chi connectivity index (χ4n) is 2.15. The van der Waals surface area contributed by atoms with Crippen LogP contribution >= 0.6 is 0 Å². The lowest BCUT2D eigenvalue weighted by molar-refractivity contribution is 1.21. The standard InChI is InChI=1S/C17H15N5/c18-17(19)22-21-10-12-5-7-13(8-6-12)15-9-14-3-1-2-4-16(14)20-11-15/h1-11H,(H4,18,19,22). The third-order valence-electron chi connectivity index (χ3n) is 3.21. The largest absolute Gasteiger partial charge is 0.369 e. The third kappa shape index (κ3) is 3.09. The number of rotatable bonds is 3. The van der Waals surface area contributed by atoms with Crippen LogP contribution in [0.1, 0.15) is 5.56 Å². The average molecular weight is 289 g/mol. The monoisotopic (exact) mass is 289 g/mol. The van der Waals surface area contributed by atoms with Gasteiger partial charge in [0.2, 0.25) is 5.96 Å². The molecule has 0 amide bonds. The number of guanidine groups is 1. The number of pyridine rings is 1. The Hall–Kier alpha value is -3.21. The molecule has 0 aliphatic carbocycles. The Morgan fingerprint density at radius 3 is 2.50 bits per heavy atom. The molecule has 22 heavy (non-hydrogen) atoms. The summed E-state index contributed by atoms with van der Waals surface area (Å²) in [4.78, 5) is 4.48. The zero-order valence-electron chi connectivity index (χ0n) is 11.8. The summed E-state index contributed by atoms with van der Waals surface area (Å²) in [6, 6.07) is 18.1. The van der Waals surface area contributed by atoms with E-state index in [-0.39, 0.29) is 5.96 Å². The predicted molar refractivity (Wildman–Crippen MR) is 90.6 cm³/mol. The molecule has 3 aromatic rings.